The fraction of sp³-hybridized carbons (Fsp3) is 0.190. The molecule has 0 fully saturated rings. The number of hydrogen-bond acceptors (Lipinski definition) is 2. The molecule has 132 valence electrons. The fourth-order valence-electron chi connectivity index (χ4n) is 3.46. The Balaban J connectivity index is 1.62. The van der Waals surface area contributed by atoms with Crippen molar-refractivity contribution in [2.45, 2.75) is 12.6 Å². The second kappa shape index (κ2) is 7.22. The van der Waals surface area contributed by atoms with Gasteiger partial charge >= 0.3 is 0 Å². The average molecular weight is 363 g/mol. The van der Waals surface area contributed by atoms with Gasteiger partial charge in [-0.25, -0.2) is 0 Å². The summed E-state index contributed by atoms with van der Waals surface area (Å²) in [6, 6.07) is 22.8. The van der Waals surface area contributed by atoms with E-state index in [0.29, 0.717) is 0 Å². The van der Waals surface area contributed by atoms with Crippen LogP contribution in [-0.4, -0.2) is 28.2 Å². The van der Waals surface area contributed by atoms with Crippen molar-refractivity contribution in [2.75, 3.05) is 19.0 Å². The summed E-state index contributed by atoms with van der Waals surface area (Å²) in [4.78, 5) is 2.27. The molecule has 0 spiro atoms. The van der Waals surface area contributed by atoms with Gasteiger partial charge in [-0.15, -0.1) is 0 Å². The third-order valence-corrected chi connectivity index (χ3v) is 5.09. The highest BCUT2D eigenvalue weighted by atomic mass is 32.1. The van der Waals surface area contributed by atoms with E-state index < -0.39 is 0 Å². The average Bonchev–Trinajstić information content (AvgIpc) is 3.17. The molecule has 26 heavy (non-hydrogen) atoms. The van der Waals surface area contributed by atoms with Crippen molar-refractivity contribution in [1.29, 1.82) is 0 Å². The van der Waals surface area contributed by atoms with Crippen LogP contribution in [0, 0.1) is 0 Å². The molecule has 1 atom stereocenters. The molecule has 0 amide bonds. The van der Waals surface area contributed by atoms with Crippen molar-refractivity contribution in [3.8, 4) is 5.75 Å². The standard InChI is InChI=1S/C21H21N3OS/c1-25-18-11-9-17(10-12-18)22-21(26)24-15-14-23-13-5-8-19(23)20(24)16-6-3-2-4-7-16/h2-13,20H,14-15H2,1H3,(H,22,26)/t20-/m1/s1. The van der Waals surface area contributed by atoms with E-state index in [-0.39, 0.29) is 6.04 Å². The molecular weight excluding hydrogens is 342 g/mol. The first-order valence-corrected chi connectivity index (χ1v) is 9.09. The molecule has 2 heterocycles. The lowest BCUT2D eigenvalue weighted by molar-refractivity contribution is 0.293. The number of benzene rings is 2. The number of thiocarbonyl (C=S) groups is 1. The zero-order valence-corrected chi connectivity index (χ0v) is 15.4. The van der Waals surface area contributed by atoms with Gasteiger partial charge in [0.15, 0.2) is 5.11 Å². The number of anilines is 1. The van der Waals surface area contributed by atoms with E-state index in [0.717, 1.165) is 29.6 Å². The van der Waals surface area contributed by atoms with Gasteiger partial charge in [-0.3, -0.25) is 0 Å². The number of fused-ring (bicyclic) bond motifs is 1. The number of ether oxygens (including phenoxy) is 1. The maximum absolute atomic E-state index is 5.77. The van der Waals surface area contributed by atoms with Gasteiger partial charge in [-0.2, -0.15) is 0 Å². The largest absolute Gasteiger partial charge is 0.497 e. The first-order valence-electron chi connectivity index (χ1n) is 8.68. The van der Waals surface area contributed by atoms with E-state index in [1.165, 1.54) is 11.3 Å². The molecule has 1 aliphatic rings. The molecule has 4 rings (SSSR count). The second-order valence-corrected chi connectivity index (χ2v) is 6.68. The van der Waals surface area contributed by atoms with Crippen molar-refractivity contribution in [2.24, 2.45) is 0 Å². The zero-order chi connectivity index (χ0) is 17.9. The van der Waals surface area contributed by atoms with E-state index in [1.54, 1.807) is 7.11 Å². The molecule has 4 nitrogen and oxygen atoms in total. The Kier molecular flexibility index (Phi) is 4.63. The summed E-state index contributed by atoms with van der Waals surface area (Å²) in [6.07, 6.45) is 2.14. The lowest BCUT2D eigenvalue weighted by Gasteiger charge is -2.39. The number of methoxy groups -OCH3 is 1. The Bertz CT molecular complexity index is 889. The Morgan fingerprint density at radius 3 is 2.50 bits per heavy atom. The summed E-state index contributed by atoms with van der Waals surface area (Å²) in [7, 11) is 1.67. The number of hydrogen-bond donors (Lipinski definition) is 1. The van der Waals surface area contributed by atoms with Gasteiger partial charge in [-0.05, 0) is 54.2 Å². The maximum atomic E-state index is 5.77. The summed E-state index contributed by atoms with van der Waals surface area (Å²) in [5.74, 6) is 0.833. The molecule has 0 radical (unpaired) electrons. The van der Waals surface area contributed by atoms with Crippen molar-refractivity contribution < 1.29 is 4.74 Å². The van der Waals surface area contributed by atoms with Gasteiger partial charge < -0.3 is 19.5 Å². The predicted octanol–water partition coefficient (Wildman–Crippen LogP) is 4.30. The van der Waals surface area contributed by atoms with Gasteiger partial charge in [0.25, 0.3) is 0 Å². The molecular formula is C21H21N3OS. The second-order valence-electron chi connectivity index (χ2n) is 6.29. The molecule has 0 aliphatic carbocycles. The van der Waals surface area contributed by atoms with E-state index in [2.05, 4.69) is 57.4 Å². The van der Waals surface area contributed by atoms with Crippen LogP contribution in [0.3, 0.4) is 0 Å². The van der Waals surface area contributed by atoms with Gasteiger partial charge in [0.1, 0.15) is 5.75 Å². The molecule has 1 N–H and O–H groups in total. The van der Waals surface area contributed by atoms with Crippen molar-refractivity contribution in [3.63, 3.8) is 0 Å². The van der Waals surface area contributed by atoms with Crippen molar-refractivity contribution in [1.82, 2.24) is 9.47 Å². The molecule has 1 aliphatic heterocycles. The van der Waals surface area contributed by atoms with Crippen molar-refractivity contribution in [3.05, 3.63) is 84.2 Å². The Morgan fingerprint density at radius 1 is 1.00 bits per heavy atom. The zero-order valence-electron chi connectivity index (χ0n) is 14.6. The fourth-order valence-corrected chi connectivity index (χ4v) is 3.77. The van der Waals surface area contributed by atoms with Crippen LogP contribution in [0.1, 0.15) is 17.3 Å². The van der Waals surface area contributed by atoms with E-state index in [4.69, 9.17) is 17.0 Å². The summed E-state index contributed by atoms with van der Waals surface area (Å²) in [5, 5.41) is 4.11. The highest BCUT2D eigenvalue weighted by Crippen LogP contribution is 2.32. The molecule has 2 aromatic carbocycles. The van der Waals surface area contributed by atoms with Crippen LogP contribution in [-0.2, 0) is 6.54 Å². The van der Waals surface area contributed by atoms with Crippen LogP contribution < -0.4 is 10.1 Å². The van der Waals surface area contributed by atoms with Crippen LogP contribution in [0.15, 0.2) is 72.9 Å². The van der Waals surface area contributed by atoms with Crippen LogP contribution in [0.25, 0.3) is 0 Å². The smallest absolute Gasteiger partial charge is 0.174 e. The number of nitrogens with one attached hydrogen (secondary N) is 1. The third kappa shape index (κ3) is 3.18. The molecule has 0 unspecified atom stereocenters. The van der Waals surface area contributed by atoms with E-state index in [1.807, 2.05) is 30.3 Å². The minimum atomic E-state index is 0.109. The summed E-state index contributed by atoms with van der Waals surface area (Å²) < 4.78 is 7.53. The monoisotopic (exact) mass is 363 g/mol. The summed E-state index contributed by atoms with van der Waals surface area (Å²) in [5.41, 5.74) is 3.47. The van der Waals surface area contributed by atoms with Gasteiger partial charge in [0, 0.05) is 30.7 Å². The molecule has 3 aromatic rings. The molecule has 5 heteroatoms. The summed E-state index contributed by atoms with van der Waals surface area (Å²) >= 11 is 5.77. The quantitative estimate of drug-likeness (QED) is 0.703. The van der Waals surface area contributed by atoms with E-state index in [9.17, 15) is 0 Å². The molecule has 0 bridgehead atoms. The maximum Gasteiger partial charge on any atom is 0.174 e. The highest BCUT2D eigenvalue weighted by molar-refractivity contribution is 7.80. The Morgan fingerprint density at radius 2 is 1.77 bits per heavy atom. The molecule has 1 aromatic heterocycles. The molecule has 0 saturated carbocycles. The Hall–Kier alpha value is -2.79. The van der Waals surface area contributed by atoms with Crippen LogP contribution in [0.2, 0.25) is 0 Å². The predicted molar refractivity (Wildman–Crippen MR) is 109 cm³/mol. The number of nitrogens with zero attached hydrogens (tertiary/aromatic N) is 2. The molecule has 0 saturated heterocycles. The van der Waals surface area contributed by atoms with Gasteiger partial charge in [0.05, 0.1) is 13.2 Å². The first-order chi connectivity index (χ1) is 12.8. The SMILES string of the molecule is COc1ccc(NC(=S)N2CCn3cccc3[C@H]2c2ccccc2)cc1. The number of rotatable bonds is 3. The van der Waals surface area contributed by atoms with Gasteiger partial charge in [-0.1, -0.05) is 30.3 Å². The Labute approximate surface area is 159 Å². The van der Waals surface area contributed by atoms with Crippen LogP contribution in [0.4, 0.5) is 5.69 Å². The topological polar surface area (TPSA) is 29.4 Å². The third-order valence-electron chi connectivity index (χ3n) is 4.76. The lowest BCUT2D eigenvalue weighted by Crippen LogP contribution is -2.44. The van der Waals surface area contributed by atoms with Gasteiger partial charge in [0.2, 0.25) is 0 Å². The number of aromatic nitrogens is 1. The lowest BCUT2D eigenvalue weighted by atomic mass is 10.0. The minimum Gasteiger partial charge on any atom is -0.497 e. The summed E-state index contributed by atoms with van der Waals surface area (Å²) in [6.45, 7) is 1.79. The van der Waals surface area contributed by atoms with Crippen molar-refractivity contribution >= 4 is 23.0 Å². The van der Waals surface area contributed by atoms with E-state index >= 15 is 0 Å². The highest BCUT2D eigenvalue weighted by Gasteiger charge is 2.30. The first kappa shape index (κ1) is 16.7. The normalized spacial score (nSPS) is 16.0. The van der Waals surface area contributed by atoms with Crippen LogP contribution >= 0.6 is 12.2 Å². The minimum absolute atomic E-state index is 0.109. The van der Waals surface area contributed by atoms with Crippen LogP contribution in [0.5, 0.6) is 5.75 Å².